The number of benzene rings is 1. The minimum Gasteiger partial charge on any atom is -0.479 e. The Kier molecular flexibility index (Phi) is 3.68. The van der Waals surface area contributed by atoms with Gasteiger partial charge in [-0.3, -0.25) is 0 Å². The summed E-state index contributed by atoms with van der Waals surface area (Å²) in [6.45, 7) is 0. The van der Waals surface area contributed by atoms with E-state index in [1.54, 1.807) is 30.3 Å². The van der Waals surface area contributed by atoms with Gasteiger partial charge >= 0.3 is 5.97 Å². The Hall–Kier alpha value is -2.04. The number of carboxylic acid groups (broad SMARTS) is 1. The fourth-order valence-corrected chi connectivity index (χ4v) is 1.15. The molecule has 0 aliphatic heterocycles. The molecule has 1 aromatic rings. The van der Waals surface area contributed by atoms with Crippen LogP contribution in [0, 0.1) is 0 Å². The number of carboxylic acids is 1. The number of aliphatic carboxylic acids is 1. The fraction of sp³-hybridized carbons (Fsp3) is 0.222. The summed E-state index contributed by atoms with van der Waals surface area (Å²) >= 11 is 0. The zero-order chi connectivity index (χ0) is 11.3. The lowest BCUT2D eigenvalue weighted by Crippen LogP contribution is -2.26. The first-order valence-electron chi connectivity index (χ1n) is 4.17. The molecule has 15 heavy (non-hydrogen) atoms. The Morgan fingerprint density at radius 3 is 2.47 bits per heavy atom. The van der Waals surface area contributed by atoms with Gasteiger partial charge in [-0.1, -0.05) is 35.4 Å². The van der Waals surface area contributed by atoms with Gasteiger partial charge in [-0.15, -0.1) is 0 Å². The number of aliphatic hydroxyl groups is 1. The fourth-order valence-electron chi connectivity index (χ4n) is 1.15. The molecule has 0 aromatic heterocycles. The van der Waals surface area contributed by atoms with Crippen molar-refractivity contribution in [1.29, 1.82) is 0 Å². The van der Waals surface area contributed by atoms with E-state index in [1.165, 1.54) is 0 Å². The van der Waals surface area contributed by atoms with E-state index in [-0.39, 0.29) is 0 Å². The molecule has 2 N–H and O–H groups in total. The van der Waals surface area contributed by atoms with Crippen molar-refractivity contribution in [3.8, 4) is 0 Å². The predicted molar refractivity (Wildman–Crippen MR) is 52.0 cm³/mol. The second kappa shape index (κ2) is 4.99. The lowest BCUT2D eigenvalue weighted by atomic mass is 10.0. The van der Waals surface area contributed by atoms with Gasteiger partial charge in [0.2, 0.25) is 0 Å². The van der Waals surface area contributed by atoms with Gasteiger partial charge in [0.1, 0.15) is 0 Å². The summed E-state index contributed by atoms with van der Waals surface area (Å²) in [6, 6.07) is 7.16. The third-order valence-corrected chi connectivity index (χ3v) is 1.87. The first-order chi connectivity index (χ1) is 7.16. The molecule has 1 rings (SSSR count). The van der Waals surface area contributed by atoms with Crippen molar-refractivity contribution in [2.75, 3.05) is 0 Å². The number of hydrogen-bond acceptors (Lipinski definition) is 3. The molecule has 0 aliphatic rings. The monoisotopic (exact) mass is 207 g/mol. The standard InChI is InChI=1S/C9H9N3O3/c10-12-11-7(8(13)9(14)15)6-4-2-1-3-5-6/h1-5,7-8,13H,(H,14,15)/t7-,8+/m0/s1. The maximum atomic E-state index is 10.6. The van der Waals surface area contributed by atoms with Crippen molar-refractivity contribution in [2.24, 2.45) is 5.11 Å². The minimum atomic E-state index is -1.73. The van der Waals surface area contributed by atoms with Crippen LogP contribution in [0.2, 0.25) is 0 Å². The van der Waals surface area contributed by atoms with Gasteiger partial charge in [-0.2, -0.15) is 0 Å². The zero-order valence-electron chi connectivity index (χ0n) is 7.69. The molecule has 0 aliphatic carbocycles. The Morgan fingerprint density at radius 1 is 1.40 bits per heavy atom. The third kappa shape index (κ3) is 2.70. The molecule has 0 fully saturated rings. The van der Waals surface area contributed by atoms with Crippen LogP contribution in [0.15, 0.2) is 35.4 Å². The summed E-state index contributed by atoms with van der Waals surface area (Å²) in [5.74, 6) is -1.42. The van der Waals surface area contributed by atoms with E-state index in [2.05, 4.69) is 10.0 Å². The average molecular weight is 207 g/mol. The van der Waals surface area contributed by atoms with E-state index in [9.17, 15) is 9.90 Å². The van der Waals surface area contributed by atoms with E-state index in [4.69, 9.17) is 10.6 Å². The van der Waals surface area contributed by atoms with E-state index in [0.29, 0.717) is 5.56 Å². The SMILES string of the molecule is [N-]=[N+]=N[C@@H](c1ccccc1)[C@@H](O)C(=O)O. The maximum absolute atomic E-state index is 10.6. The highest BCUT2D eigenvalue weighted by atomic mass is 16.4. The molecular formula is C9H9N3O3. The van der Waals surface area contributed by atoms with Crippen LogP contribution in [-0.4, -0.2) is 22.3 Å². The molecule has 0 spiro atoms. The number of aliphatic hydroxyl groups excluding tert-OH is 1. The number of azide groups is 1. The molecule has 0 saturated carbocycles. The molecule has 0 unspecified atom stereocenters. The lowest BCUT2D eigenvalue weighted by Gasteiger charge is -2.14. The van der Waals surface area contributed by atoms with E-state index < -0.39 is 18.1 Å². The molecule has 0 amide bonds. The van der Waals surface area contributed by atoms with Crippen LogP contribution in [-0.2, 0) is 4.79 Å². The van der Waals surface area contributed by atoms with E-state index in [0.717, 1.165) is 0 Å². The van der Waals surface area contributed by atoms with Crippen LogP contribution in [0.5, 0.6) is 0 Å². The van der Waals surface area contributed by atoms with Gasteiger partial charge in [0.15, 0.2) is 6.10 Å². The highest BCUT2D eigenvalue weighted by molar-refractivity contribution is 5.73. The molecule has 0 heterocycles. The van der Waals surface area contributed by atoms with E-state index in [1.807, 2.05) is 0 Å². The summed E-state index contributed by atoms with van der Waals surface area (Å²) in [7, 11) is 0. The first-order valence-corrected chi connectivity index (χ1v) is 4.17. The summed E-state index contributed by atoms with van der Waals surface area (Å²) in [4.78, 5) is 13.1. The minimum absolute atomic E-state index is 0.463. The van der Waals surface area contributed by atoms with Crippen LogP contribution in [0.1, 0.15) is 11.6 Å². The number of rotatable bonds is 4. The Morgan fingerprint density at radius 2 is 2.00 bits per heavy atom. The van der Waals surface area contributed by atoms with Crippen molar-refractivity contribution >= 4 is 5.97 Å². The summed E-state index contributed by atoms with van der Waals surface area (Å²) in [6.07, 6.45) is -1.73. The molecule has 6 nitrogen and oxygen atoms in total. The van der Waals surface area contributed by atoms with Crippen LogP contribution in [0.4, 0.5) is 0 Å². The average Bonchev–Trinajstić information content (AvgIpc) is 2.26. The van der Waals surface area contributed by atoms with Crippen molar-refractivity contribution in [1.82, 2.24) is 0 Å². The van der Waals surface area contributed by atoms with Crippen molar-refractivity contribution in [3.63, 3.8) is 0 Å². The molecule has 0 bridgehead atoms. The van der Waals surface area contributed by atoms with Gasteiger partial charge in [-0.05, 0) is 11.1 Å². The quantitative estimate of drug-likeness (QED) is 0.443. The topological polar surface area (TPSA) is 106 Å². The largest absolute Gasteiger partial charge is 0.479 e. The molecule has 6 heteroatoms. The predicted octanol–water partition coefficient (Wildman–Crippen LogP) is 1.48. The molecular weight excluding hydrogens is 198 g/mol. The molecule has 0 saturated heterocycles. The van der Waals surface area contributed by atoms with Gasteiger partial charge < -0.3 is 10.2 Å². The van der Waals surface area contributed by atoms with Crippen LogP contribution in [0.25, 0.3) is 10.4 Å². The maximum Gasteiger partial charge on any atom is 0.333 e. The van der Waals surface area contributed by atoms with Gasteiger partial charge in [0.05, 0.1) is 6.04 Å². The Bertz CT molecular complexity index is 387. The van der Waals surface area contributed by atoms with Crippen LogP contribution >= 0.6 is 0 Å². The van der Waals surface area contributed by atoms with Gasteiger partial charge in [-0.25, -0.2) is 4.79 Å². The summed E-state index contributed by atoms with van der Waals surface area (Å²) < 4.78 is 0. The van der Waals surface area contributed by atoms with Crippen LogP contribution < -0.4 is 0 Å². The number of carbonyl (C=O) groups is 1. The molecule has 0 radical (unpaired) electrons. The highest BCUT2D eigenvalue weighted by Crippen LogP contribution is 2.21. The second-order valence-corrected chi connectivity index (χ2v) is 2.84. The van der Waals surface area contributed by atoms with Gasteiger partial charge in [0, 0.05) is 4.91 Å². The number of hydrogen-bond donors (Lipinski definition) is 2. The molecule has 2 atom stereocenters. The summed E-state index contributed by atoms with van der Waals surface area (Å²) in [5.41, 5.74) is 8.75. The molecule has 78 valence electrons. The van der Waals surface area contributed by atoms with E-state index >= 15 is 0 Å². The Balaban J connectivity index is 3.03. The first kappa shape index (κ1) is 11.0. The van der Waals surface area contributed by atoms with Gasteiger partial charge in [0.25, 0.3) is 0 Å². The van der Waals surface area contributed by atoms with Crippen molar-refractivity contribution in [3.05, 3.63) is 46.3 Å². The normalized spacial score (nSPS) is 13.7. The lowest BCUT2D eigenvalue weighted by molar-refractivity contribution is -0.147. The third-order valence-electron chi connectivity index (χ3n) is 1.87. The van der Waals surface area contributed by atoms with Crippen molar-refractivity contribution < 1.29 is 15.0 Å². The number of nitrogens with zero attached hydrogens (tertiary/aromatic N) is 3. The Labute approximate surface area is 85.4 Å². The van der Waals surface area contributed by atoms with Crippen LogP contribution in [0.3, 0.4) is 0 Å². The summed E-state index contributed by atoms with van der Waals surface area (Å²) in [5, 5.41) is 21.2. The van der Waals surface area contributed by atoms with Crippen molar-refractivity contribution in [2.45, 2.75) is 12.1 Å². The highest BCUT2D eigenvalue weighted by Gasteiger charge is 2.25. The zero-order valence-corrected chi connectivity index (χ0v) is 7.69. The second-order valence-electron chi connectivity index (χ2n) is 2.84. The smallest absolute Gasteiger partial charge is 0.333 e. The molecule has 1 aromatic carbocycles.